The van der Waals surface area contributed by atoms with Crippen LogP contribution in [0.4, 0.5) is 0 Å². The van der Waals surface area contributed by atoms with Crippen molar-refractivity contribution in [3.63, 3.8) is 0 Å². The highest BCUT2D eigenvalue weighted by molar-refractivity contribution is 14.0. The van der Waals surface area contributed by atoms with Gasteiger partial charge in [0.15, 0.2) is 5.96 Å². The van der Waals surface area contributed by atoms with Crippen molar-refractivity contribution in [1.29, 1.82) is 0 Å². The van der Waals surface area contributed by atoms with Gasteiger partial charge in [-0.25, -0.2) is 4.99 Å². The smallest absolute Gasteiger partial charge is 0.189 e. The molecule has 0 bridgehead atoms. The van der Waals surface area contributed by atoms with Gasteiger partial charge >= 0.3 is 0 Å². The third-order valence-corrected chi connectivity index (χ3v) is 2.77. The van der Waals surface area contributed by atoms with Crippen LogP contribution in [0.5, 0.6) is 5.75 Å². The van der Waals surface area contributed by atoms with Crippen molar-refractivity contribution in [1.82, 2.24) is 5.32 Å². The summed E-state index contributed by atoms with van der Waals surface area (Å²) in [5.74, 6) is 1.94. The Balaban J connectivity index is 0.00000400. The van der Waals surface area contributed by atoms with E-state index in [4.69, 9.17) is 10.5 Å². The van der Waals surface area contributed by atoms with Crippen molar-refractivity contribution in [3.8, 4) is 5.75 Å². The molecule has 5 heteroatoms. The minimum absolute atomic E-state index is 0. The quantitative estimate of drug-likeness (QED) is 0.303. The molecule has 0 atom stereocenters. The molecule has 0 spiro atoms. The van der Waals surface area contributed by atoms with Crippen molar-refractivity contribution in [2.45, 2.75) is 26.8 Å². The van der Waals surface area contributed by atoms with Crippen LogP contribution in [0.25, 0.3) is 0 Å². The molecule has 0 aliphatic heterocycles. The first-order chi connectivity index (χ1) is 9.63. The maximum atomic E-state index is 5.81. The maximum Gasteiger partial charge on any atom is 0.189 e. The second-order valence-corrected chi connectivity index (χ2v) is 5.01. The molecule has 3 N–H and O–H groups in total. The van der Waals surface area contributed by atoms with E-state index >= 15 is 0 Å². The number of hydrogen-bond donors (Lipinski definition) is 2. The van der Waals surface area contributed by atoms with Crippen LogP contribution in [0.2, 0.25) is 0 Å². The first-order valence-electron chi connectivity index (χ1n) is 6.99. The Labute approximate surface area is 144 Å². The summed E-state index contributed by atoms with van der Waals surface area (Å²) >= 11 is 0. The van der Waals surface area contributed by atoms with E-state index in [1.54, 1.807) is 6.08 Å². The van der Waals surface area contributed by atoms with Crippen molar-refractivity contribution in [3.05, 3.63) is 42.5 Å². The second kappa shape index (κ2) is 11.4. The summed E-state index contributed by atoms with van der Waals surface area (Å²) in [6.45, 7) is 9.84. The van der Waals surface area contributed by atoms with Gasteiger partial charge in [-0.05, 0) is 18.4 Å². The molecule has 0 amide bonds. The molecular weight excluding hydrogens is 377 g/mol. The number of ether oxygens (including phenoxy) is 1. The SMILES string of the molecule is C=CCNC(N)=NCc1ccccc1OCCC(C)C.I. The van der Waals surface area contributed by atoms with E-state index in [9.17, 15) is 0 Å². The van der Waals surface area contributed by atoms with E-state index in [-0.39, 0.29) is 24.0 Å². The first kappa shape index (κ1) is 19.8. The molecule has 0 unspecified atom stereocenters. The predicted molar refractivity (Wildman–Crippen MR) is 100 cm³/mol. The molecule has 1 rings (SSSR count). The number of aliphatic imine (C=N–C) groups is 1. The summed E-state index contributed by atoms with van der Waals surface area (Å²) in [6.07, 6.45) is 2.78. The van der Waals surface area contributed by atoms with Crippen molar-refractivity contribution in [2.75, 3.05) is 13.2 Å². The van der Waals surface area contributed by atoms with Crippen LogP contribution in [0, 0.1) is 5.92 Å². The minimum atomic E-state index is 0. The van der Waals surface area contributed by atoms with Crippen LogP contribution in [0.3, 0.4) is 0 Å². The van der Waals surface area contributed by atoms with Crippen LogP contribution in [-0.4, -0.2) is 19.1 Å². The lowest BCUT2D eigenvalue weighted by molar-refractivity contribution is 0.287. The van der Waals surface area contributed by atoms with Gasteiger partial charge in [-0.2, -0.15) is 0 Å². The molecule has 0 fully saturated rings. The van der Waals surface area contributed by atoms with Crippen LogP contribution in [-0.2, 0) is 6.54 Å². The van der Waals surface area contributed by atoms with Gasteiger partial charge in [0.25, 0.3) is 0 Å². The lowest BCUT2D eigenvalue weighted by Crippen LogP contribution is -2.31. The van der Waals surface area contributed by atoms with E-state index < -0.39 is 0 Å². The fourth-order valence-electron chi connectivity index (χ4n) is 1.58. The largest absolute Gasteiger partial charge is 0.493 e. The molecule has 0 saturated carbocycles. The molecule has 0 aromatic heterocycles. The van der Waals surface area contributed by atoms with Crippen molar-refractivity contribution >= 4 is 29.9 Å². The lowest BCUT2D eigenvalue weighted by Gasteiger charge is -2.11. The predicted octanol–water partition coefficient (Wildman–Crippen LogP) is 3.32. The highest BCUT2D eigenvalue weighted by Crippen LogP contribution is 2.19. The van der Waals surface area contributed by atoms with E-state index in [1.165, 1.54) is 0 Å². The van der Waals surface area contributed by atoms with Gasteiger partial charge in [0.1, 0.15) is 5.75 Å². The molecule has 1 aromatic carbocycles. The number of halogens is 1. The number of rotatable bonds is 8. The fourth-order valence-corrected chi connectivity index (χ4v) is 1.58. The number of nitrogens with two attached hydrogens (primary N) is 1. The zero-order valence-corrected chi connectivity index (χ0v) is 15.2. The summed E-state index contributed by atoms with van der Waals surface area (Å²) in [5.41, 5.74) is 6.79. The minimum Gasteiger partial charge on any atom is -0.493 e. The summed E-state index contributed by atoms with van der Waals surface area (Å²) in [5, 5.41) is 2.95. The van der Waals surface area contributed by atoms with Gasteiger partial charge < -0.3 is 15.8 Å². The van der Waals surface area contributed by atoms with Crippen LogP contribution in [0.15, 0.2) is 41.9 Å². The van der Waals surface area contributed by atoms with Crippen molar-refractivity contribution in [2.24, 2.45) is 16.6 Å². The molecule has 0 radical (unpaired) electrons. The third kappa shape index (κ3) is 8.60. The van der Waals surface area contributed by atoms with Crippen LogP contribution < -0.4 is 15.8 Å². The number of nitrogens with zero attached hydrogens (tertiary/aromatic N) is 1. The number of benzene rings is 1. The van der Waals surface area contributed by atoms with Crippen LogP contribution in [0.1, 0.15) is 25.8 Å². The Kier molecular flexibility index (Phi) is 10.7. The molecule has 4 nitrogen and oxygen atoms in total. The Morgan fingerprint density at radius 1 is 1.43 bits per heavy atom. The normalized spacial score (nSPS) is 10.9. The summed E-state index contributed by atoms with van der Waals surface area (Å²) in [7, 11) is 0. The highest BCUT2D eigenvalue weighted by Gasteiger charge is 2.03. The Morgan fingerprint density at radius 3 is 2.81 bits per heavy atom. The van der Waals surface area contributed by atoms with Gasteiger partial charge in [-0.1, -0.05) is 38.1 Å². The number of hydrogen-bond acceptors (Lipinski definition) is 2. The molecule has 118 valence electrons. The number of guanidine groups is 1. The van der Waals surface area contributed by atoms with Gasteiger partial charge in [-0.3, -0.25) is 0 Å². The fraction of sp³-hybridized carbons (Fsp3) is 0.438. The van der Waals surface area contributed by atoms with E-state index in [0.29, 0.717) is 25.0 Å². The molecule has 21 heavy (non-hydrogen) atoms. The third-order valence-electron chi connectivity index (χ3n) is 2.77. The summed E-state index contributed by atoms with van der Waals surface area (Å²) in [6, 6.07) is 7.93. The molecule has 0 aliphatic rings. The highest BCUT2D eigenvalue weighted by atomic mass is 127. The van der Waals surface area contributed by atoms with Gasteiger partial charge in [0.05, 0.1) is 13.2 Å². The number of nitrogens with one attached hydrogen (secondary N) is 1. The Morgan fingerprint density at radius 2 is 2.14 bits per heavy atom. The molecule has 0 heterocycles. The first-order valence-corrected chi connectivity index (χ1v) is 6.99. The zero-order chi connectivity index (χ0) is 14.8. The van der Waals surface area contributed by atoms with E-state index in [0.717, 1.165) is 24.3 Å². The maximum absolute atomic E-state index is 5.81. The van der Waals surface area contributed by atoms with Gasteiger partial charge in [-0.15, -0.1) is 30.6 Å². The Hall–Kier alpha value is -1.24. The molecule has 0 aliphatic carbocycles. The molecule has 0 saturated heterocycles. The number of para-hydroxylation sites is 1. The van der Waals surface area contributed by atoms with Gasteiger partial charge in [0, 0.05) is 12.1 Å². The monoisotopic (exact) mass is 403 g/mol. The van der Waals surface area contributed by atoms with Crippen LogP contribution >= 0.6 is 24.0 Å². The molecular formula is C16H26IN3O. The molecule has 1 aromatic rings. The lowest BCUT2D eigenvalue weighted by atomic mass is 10.1. The topological polar surface area (TPSA) is 59.6 Å². The second-order valence-electron chi connectivity index (χ2n) is 5.01. The van der Waals surface area contributed by atoms with E-state index in [2.05, 4.69) is 30.7 Å². The standard InChI is InChI=1S/C16H25N3O.HI/c1-4-10-18-16(17)19-12-14-7-5-6-8-15(14)20-11-9-13(2)3;/h4-8,13H,1,9-12H2,2-3H3,(H3,17,18,19);1H. The average molecular weight is 403 g/mol. The van der Waals surface area contributed by atoms with E-state index in [1.807, 2.05) is 24.3 Å². The summed E-state index contributed by atoms with van der Waals surface area (Å²) < 4.78 is 5.81. The average Bonchev–Trinajstić information content (AvgIpc) is 2.43. The zero-order valence-electron chi connectivity index (χ0n) is 12.8. The summed E-state index contributed by atoms with van der Waals surface area (Å²) in [4.78, 5) is 4.29. The van der Waals surface area contributed by atoms with Gasteiger partial charge in [0.2, 0.25) is 0 Å². The van der Waals surface area contributed by atoms with Crippen molar-refractivity contribution < 1.29 is 4.74 Å². The Bertz CT molecular complexity index is 447.